The summed E-state index contributed by atoms with van der Waals surface area (Å²) in [7, 11) is 4.02. The van der Waals surface area contributed by atoms with E-state index < -0.39 is 0 Å². The van der Waals surface area contributed by atoms with Crippen molar-refractivity contribution in [2.24, 2.45) is 0 Å². The quantitative estimate of drug-likeness (QED) is 0.771. The van der Waals surface area contributed by atoms with Gasteiger partial charge in [0.05, 0.1) is 18.4 Å². The third kappa shape index (κ3) is 2.92. The summed E-state index contributed by atoms with van der Waals surface area (Å²) in [6.45, 7) is 0.410. The number of benzene rings is 2. The van der Waals surface area contributed by atoms with Crippen molar-refractivity contribution >= 4 is 17.3 Å². The van der Waals surface area contributed by atoms with Crippen molar-refractivity contribution in [1.82, 2.24) is 4.90 Å². The molecule has 5 heteroatoms. The number of para-hydroxylation sites is 1. The van der Waals surface area contributed by atoms with Crippen LogP contribution in [0.5, 0.6) is 0 Å². The second-order valence-electron chi connectivity index (χ2n) is 6.59. The molecule has 1 aromatic heterocycles. The number of nitrogens with zero attached hydrogens (tertiary/aromatic N) is 2. The number of nitrogens with one attached hydrogen (secondary N) is 1. The molecule has 1 aliphatic rings. The van der Waals surface area contributed by atoms with Crippen LogP contribution in [0.1, 0.15) is 27.8 Å². The predicted molar refractivity (Wildman–Crippen MR) is 102 cm³/mol. The second kappa shape index (κ2) is 6.59. The van der Waals surface area contributed by atoms with E-state index in [2.05, 4.69) is 34.5 Å². The number of rotatable bonds is 4. The van der Waals surface area contributed by atoms with Gasteiger partial charge in [-0.05, 0) is 42.0 Å². The Morgan fingerprint density at radius 3 is 2.50 bits per heavy atom. The summed E-state index contributed by atoms with van der Waals surface area (Å²) in [4.78, 5) is 17.0. The molecular weight excluding hydrogens is 326 g/mol. The van der Waals surface area contributed by atoms with Crippen LogP contribution >= 0.6 is 0 Å². The fourth-order valence-electron chi connectivity index (χ4n) is 3.24. The second-order valence-corrected chi connectivity index (χ2v) is 6.59. The third-order valence-electron chi connectivity index (χ3n) is 4.65. The number of furan rings is 1. The highest BCUT2D eigenvalue weighted by Gasteiger charge is 2.33. The topological polar surface area (TPSA) is 48.7 Å². The van der Waals surface area contributed by atoms with E-state index in [0.717, 1.165) is 22.7 Å². The fourth-order valence-corrected chi connectivity index (χ4v) is 3.24. The number of hydrogen-bond acceptors (Lipinski definition) is 4. The molecule has 1 amide bonds. The largest absolute Gasteiger partial charge is 0.467 e. The van der Waals surface area contributed by atoms with Gasteiger partial charge in [-0.2, -0.15) is 0 Å². The maximum Gasteiger partial charge on any atom is 0.258 e. The zero-order chi connectivity index (χ0) is 18.1. The molecule has 1 atom stereocenters. The van der Waals surface area contributed by atoms with Crippen LogP contribution in [0.4, 0.5) is 11.4 Å². The van der Waals surface area contributed by atoms with Gasteiger partial charge in [-0.3, -0.25) is 4.79 Å². The first-order chi connectivity index (χ1) is 12.6. The molecule has 2 aromatic carbocycles. The highest BCUT2D eigenvalue weighted by atomic mass is 16.3. The average Bonchev–Trinajstić information content (AvgIpc) is 3.17. The van der Waals surface area contributed by atoms with Crippen molar-refractivity contribution in [3.8, 4) is 0 Å². The summed E-state index contributed by atoms with van der Waals surface area (Å²) in [6.07, 6.45) is 1.38. The summed E-state index contributed by atoms with van der Waals surface area (Å²) in [5.74, 6) is 0.756. The maximum absolute atomic E-state index is 13.1. The van der Waals surface area contributed by atoms with E-state index in [1.54, 1.807) is 6.26 Å². The maximum atomic E-state index is 13.1. The first-order valence-electron chi connectivity index (χ1n) is 8.59. The van der Waals surface area contributed by atoms with E-state index in [9.17, 15) is 4.79 Å². The van der Waals surface area contributed by atoms with Crippen molar-refractivity contribution < 1.29 is 9.21 Å². The summed E-state index contributed by atoms with van der Waals surface area (Å²) in [5, 5.41) is 3.50. The lowest BCUT2D eigenvalue weighted by Gasteiger charge is -2.37. The van der Waals surface area contributed by atoms with Crippen LogP contribution in [0.15, 0.2) is 71.3 Å². The molecule has 0 bridgehead atoms. The lowest BCUT2D eigenvalue weighted by atomic mass is 10.0. The molecule has 4 rings (SSSR count). The molecule has 0 fully saturated rings. The normalized spacial score (nSPS) is 16.2. The smallest absolute Gasteiger partial charge is 0.258 e. The highest BCUT2D eigenvalue weighted by molar-refractivity contribution is 6.01. The highest BCUT2D eigenvalue weighted by Crippen LogP contribution is 2.34. The van der Waals surface area contributed by atoms with E-state index in [1.807, 2.05) is 55.4 Å². The Hall–Kier alpha value is -3.21. The van der Waals surface area contributed by atoms with Gasteiger partial charge in [0, 0.05) is 25.5 Å². The van der Waals surface area contributed by atoms with Crippen molar-refractivity contribution in [2.45, 2.75) is 12.7 Å². The minimum absolute atomic E-state index is 0.00237. The van der Waals surface area contributed by atoms with Crippen molar-refractivity contribution in [3.63, 3.8) is 0 Å². The zero-order valence-corrected chi connectivity index (χ0v) is 14.8. The van der Waals surface area contributed by atoms with Crippen LogP contribution < -0.4 is 10.2 Å². The molecule has 2 heterocycles. The van der Waals surface area contributed by atoms with Crippen LogP contribution in [0, 0.1) is 0 Å². The molecule has 0 saturated heterocycles. The molecule has 0 unspecified atom stereocenters. The average molecular weight is 347 g/mol. The van der Waals surface area contributed by atoms with Crippen molar-refractivity contribution in [3.05, 3.63) is 83.8 Å². The van der Waals surface area contributed by atoms with Gasteiger partial charge < -0.3 is 19.5 Å². The van der Waals surface area contributed by atoms with Gasteiger partial charge in [0.1, 0.15) is 11.9 Å². The molecule has 26 heavy (non-hydrogen) atoms. The molecule has 0 aliphatic carbocycles. The number of fused-ring (bicyclic) bond motifs is 1. The molecule has 0 radical (unpaired) electrons. The predicted octanol–water partition coefficient (Wildman–Crippen LogP) is 4.11. The number of carbonyl (C=O) groups excluding carboxylic acids is 1. The summed E-state index contributed by atoms with van der Waals surface area (Å²) in [5.41, 5.74) is 3.69. The van der Waals surface area contributed by atoms with Crippen molar-refractivity contribution in [1.29, 1.82) is 0 Å². The number of hydrogen-bond donors (Lipinski definition) is 1. The monoisotopic (exact) mass is 347 g/mol. The Morgan fingerprint density at radius 2 is 1.81 bits per heavy atom. The standard InChI is InChI=1S/C21H21N3O2/c1-23(2)16-11-9-15(10-12-16)20-22-19-8-4-3-7-18(19)21(25)24(20)14-17-6-5-13-26-17/h3-13,20,22H,14H2,1-2H3/t20-/m1/s1. The molecule has 0 spiro atoms. The summed E-state index contributed by atoms with van der Waals surface area (Å²) >= 11 is 0. The van der Waals surface area contributed by atoms with E-state index in [-0.39, 0.29) is 12.1 Å². The van der Waals surface area contributed by atoms with Gasteiger partial charge >= 0.3 is 0 Å². The number of anilines is 2. The van der Waals surface area contributed by atoms with E-state index in [0.29, 0.717) is 12.1 Å². The Bertz CT molecular complexity index is 901. The first kappa shape index (κ1) is 16.3. The SMILES string of the molecule is CN(C)c1ccc([C@@H]2Nc3ccccc3C(=O)N2Cc2ccco2)cc1. The first-order valence-corrected chi connectivity index (χ1v) is 8.59. The Kier molecular flexibility index (Phi) is 4.13. The molecule has 0 saturated carbocycles. The van der Waals surface area contributed by atoms with Gasteiger partial charge in [0.15, 0.2) is 0 Å². The molecular formula is C21H21N3O2. The fraction of sp³-hybridized carbons (Fsp3) is 0.190. The molecule has 5 nitrogen and oxygen atoms in total. The lowest BCUT2D eigenvalue weighted by Crippen LogP contribution is -2.42. The van der Waals surface area contributed by atoms with E-state index in [1.165, 1.54) is 0 Å². The molecule has 132 valence electrons. The van der Waals surface area contributed by atoms with Crippen LogP contribution in [-0.2, 0) is 6.54 Å². The van der Waals surface area contributed by atoms with Gasteiger partial charge in [-0.15, -0.1) is 0 Å². The minimum atomic E-state index is -0.251. The third-order valence-corrected chi connectivity index (χ3v) is 4.65. The van der Waals surface area contributed by atoms with Gasteiger partial charge in [0.2, 0.25) is 0 Å². The van der Waals surface area contributed by atoms with Crippen LogP contribution in [-0.4, -0.2) is 24.9 Å². The Labute approximate surface area is 152 Å². The van der Waals surface area contributed by atoms with Crippen molar-refractivity contribution in [2.75, 3.05) is 24.3 Å². The van der Waals surface area contributed by atoms with E-state index >= 15 is 0 Å². The number of amides is 1. The molecule has 1 N–H and O–H groups in total. The summed E-state index contributed by atoms with van der Waals surface area (Å²) in [6, 6.07) is 19.6. The number of carbonyl (C=O) groups is 1. The van der Waals surface area contributed by atoms with Crippen LogP contribution in [0.2, 0.25) is 0 Å². The van der Waals surface area contributed by atoms with Crippen LogP contribution in [0.3, 0.4) is 0 Å². The van der Waals surface area contributed by atoms with Gasteiger partial charge in [0.25, 0.3) is 5.91 Å². The van der Waals surface area contributed by atoms with Gasteiger partial charge in [-0.1, -0.05) is 24.3 Å². The lowest BCUT2D eigenvalue weighted by molar-refractivity contribution is 0.0651. The molecule has 1 aliphatic heterocycles. The Morgan fingerprint density at radius 1 is 1.04 bits per heavy atom. The minimum Gasteiger partial charge on any atom is -0.467 e. The van der Waals surface area contributed by atoms with Gasteiger partial charge in [-0.25, -0.2) is 0 Å². The van der Waals surface area contributed by atoms with Crippen LogP contribution in [0.25, 0.3) is 0 Å². The zero-order valence-electron chi connectivity index (χ0n) is 14.8. The Balaban J connectivity index is 1.73. The summed E-state index contributed by atoms with van der Waals surface area (Å²) < 4.78 is 5.48. The molecule has 3 aromatic rings. The van der Waals surface area contributed by atoms with E-state index in [4.69, 9.17) is 4.42 Å².